The topological polar surface area (TPSA) is 74.8 Å². The van der Waals surface area contributed by atoms with Gasteiger partial charge in [0.15, 0.2) is 10.9 Å². The predicted octanol–water partition coefficient (Wildman–Crippen LogP) is 4.56. The van der Waals surface area contributed by atoms with Crippen LogP contribution in [0.1, 0.15) is 49.3 Å². The Morgan fingerprint density at radius 3 is 2.66 bits per heavy atom. The number of hydrogen-bond acceptors (Lipinski definition) is 5. The number of carbonyl (C=O) groups excluding carboxylic acids is 1. The number of Topliss-reactive ketones (excluding diaryl/α,β-unsaturated/α-hetero) is 1. The molecule has 5 nitrogen and oxygen atoms in total. The highest BCUT2D eigenvalue weighted by atomic mass is 32.2. The molecule has 6 heteroatoms. The molecule has 0 spiro atoms. The van der Waals surface area contributed by atoms with Crippen molar-refractivity contribution in [3.05, 3.63) is 75.2 Å². The van der Waals surface area contributed by atoms with Crippen molar-refractivity contribution in [2.75, 3.05) is 11.1 Å². The summed E-state index contributed by atoms with van der Waals surface area (Å²) >= 11 is 1.43. The van der Waals surface area contributed by atoms with Crippen LogP contribution in [-0.4, -0.2) is 21.5 Å². The Morgan fingerprint density at radius 2 is 1.97 bits per heavy atom. The van der Waals surface area contributed by atoms with Gasteiger partial charge in [-0.05, 0) is 24.3 Å². The number of fused-ring (bicyclic) bond motifs is 1. The van der Waals surface area contributed by atoms with Crippen LogP contribution in [0.4, 0.5) is 5.82 Å². The summed E-state index contributed by atoms with van der Waals surface area (Å²) < 4.78 is 0. The second-order valence-corrected chi connectivity index (χ2v) is 9.54. The van der Waals surface area contributed by atoms with Crippen LogP contribution in [0.25, 0.3) is 0 Å². The van der Waals surface area contributed by atoms with Crippen LogP contribution in [0.5, 0.6) is 0 Å². The Balaban J connectivity index is 1.92. The summed E-state index contributed by atoms with van der Waals surface area (Å²) in [6.45, 7) is 9.95. The summed E-state index contributed by atoms with van der Waals surface area (Å²) in [4.78, 5) is 33.8. The molecule has 2 heterocycles. The van der Waals surface area contributed by atoms with Crippen LogP contribution in [0.3, 0.4) is 0 Å². The number of H-pyrrole nitrogens is 1. The van der Waals surface area contributed by atoms with E-state index in [1.807, 2.05) is 31.2 Å². The molecule has 1 aliphatic carbocycles. The number of anilines is 1. The van der Waals surface area contributed by atoms with Crippen LogP contribution in [0.15, 0.2) is 58.1 Å². The molecule has 0 amide bonds. The van der Waals surface area contributed by atoms with Gasteiger partial charge in [0.25, 0.3) is 5.56 Å². The molecular weight excluding hydrogens is 382 g/mol. The Labute approximate surface area is 174 Å². The normalized spacial score (nSPS) is 20.0. The van der Waals surface area contributed by atoms with Crippen LogP contribution in [-0.2, 0) is 4.79 Å². The Kier molecular flexibility index (Phi) is 4.99. The van der Waals surface area contributed by atoms with Gasteiger partial charge in [0.1, 0.15) is 5.82 Å². The van der Waals surface area contributed by atoms with Gasteiger partial charge < -0.3 is 10.3 Å². The number of aromatic nitrogens is 2. The van der Waals surface area contributed by atoms with Gasteiger partial charge in [0.2, 0.25) is 0 Å². The molecular formula is C23H25N3O2S. The van der Waals surface area contributed by atoms with Crippen molar-refractivity contribution < 1.29 is 4.79 Å². The zero-order valence-corrected chi connectivity index (χ0v) is 17.8. The first-order valence-electron chi connectivity index (χ1n) is 9.77. The molecule has 0 saturated heterocycles. The van der Waals surface area contributed by atoms with Crippen LogP contribution >= 0.6 is 11.8 Å². The fraction of sp³-hybridized carbons (Fsp3) is 0.348. The number of allylic oxidation sites excluding steroid dienone is 2. The molecule has 4 rings (SSSR count). The average molecular weight is 408 g/mol. The van der Waals surface area contributed by atoms with E-state index in [-0.39, 0.29) is 16.8 Å². The molecule has 0 saturated carbocycles. The second-order valence-electron chi connectivity index (χ2n) is 8.53. The Bertz CT molecular complexity index is 1080. The number of benzene rings is 1. The number of aromatic amines is 1. The number of nitrogens with zero attached hydrogens (tertiary/aromatic N) is 1. The molecule has 150 valence electrons. The lowest BCUT2D eigenvalue weighted by molar-refractivity contribution is -0.118. The van der Waals surface area contributed by atoms with Gasteiger partial charge >= 0.3 is 0 Å². The quantitative estimate of drug-likeness (QED) is 0.442. The van der Waals surface area contributed by atoms with Crippen molar-refractivity contribution in [3.8, 4) is 0 Å². The number of rotatable bonds is 4. The zero-order chi connectivity index (χ0) is 20.8. The minimum absolute atomic E-state index is 0.101. The van der Waals surface area contributed by atoms with Crippen molar-refractivity contribution in [3.63, 3.8) is 0 Å². The van der Waals surface area contributed by atoms with Crippen molar-refractivity contribution in [2.45, 2.75) is 44.7 Å². The van der Waals surface area contributed by atoms with E-state index < -0.39 is 5.92 Å². The molecule has 2 N–H and O–H groups in total. The molecule has 2 aliphatic rings. The molecule has 1 atom stereocenters. The van der Waals surface area contributed by atoms with Crippen molar-refractivity contribution in [1.82, 2.24) is 9.97 Å². The first kappa shape index (κ1) is 19.7. The van der Waals surface area contributed by atoms with E-state index in [4.69, 9.17) is 0 Å². The fourth-order valence-electron chi connectivity index (χ4n) is 4.19. The number of nitrogens with one attached hydrogen (secondary N) is 2. The first-order chi connectivity index (χ1) is 13.8. The monoisotopic (exact) mass is 407 g/mol. The van der Waals surface area contributed by atoms with Gasteiger partial charge in [0, 0.05) is 29.4 Å². The van der Waals surface area contributed by atoms with E-state index in [1.54, 1.807) is 6.08 Å². The molecule has 1 aliphatic heterocycles. The second kappa shape index (κ2) is 7.34. The number of ketones is 1. The minimum atomic E-state index is -0.403. The van der Waals surface area contributed by atoms with E-state index in [9.17, 15) is 9.59 Å². The minimum Gasteiger partial charge on any atom is -0.343 e. The molecule has 1 unspecified atom stereocenters. The van der Waals surface area contributed by atoms with Crippen LogP contribution in [0, 0.1) is 12.3 Å². The van der Waals surface area contributed by atoms with Gasteiger partial charge in [-0.25, -0.2) is 4.98 Å². The molecule has 0 radical (unpaired) electrons. The van der Waals surface area contributed by atoms with Crippen molar-refractivity contribution in [1.29, 1.82) is 0 Å². The molecule has 0 bridgehead atoms. The van der Waals surface area contributed by atoms with Gasteiger partial charge in [0.05, 0.1) is 5.56 Å². The molecule has 1 aromatic carbocycles. The van der Waals surface area contributed by atoms with E-state index >= 15 is 0 Å². The maximum Gasteiger partial charge on any atom is 0.257 e. The van der Waals surface area contributed by atoms with E-state index in [1.165, 1.54) is 11.8 Å². The largest absolute Gasteiger partial charge is 0.343 e. The lowest BCUT2D eigenvalue weighted by Crippen LogP contribution is -2.37. The summed E-state index contributed by atoms with van der Waals surface area (Å²) in [5, 5.41) is 3.89. The van der Waals surface area contributed by atoms with Gasteiger partial charge in [-0.1, -0.05) is 61.5 Å². The van der Waals surface area contributed by atoms with Gasteiger partial charge in [-0.2, -0.15) is 0 Å². The van der Waals surface area contributed by atoms with Crippen LogP contribution < -0.4 is 10.9 Å². The lowest BCUT2D eigenvalue weighted by Gasteiger charge is -2.38. The maximum atomic E-state index is 13.2. The highest BCUT2D eigenvalue weighted by molar-refractivity contribution is 7.99. The highest BCUT2D eigenvalue weighted by Gasteiger charge is 2.42. The lowest BCUT2D eigenvalue weighted by atomic mass is 9.69. The van der Waals surface area contributed by atoms with Gasteiger partial charge in [-0.3, -0.25) is 9.59 Å². The molecule has 0 fully saturated rings. The summed E-state index contributed by atoms with van der Waals surface area (Å²) in [7, 11) is 0. The van der Waals surface area contributed by atoms with Gasteiger partial charge in [-0.15, -0.1) is 6.58 Å². The average Bonchev–Trinajstić information content (AvgIpc) is 2.64. The maximum absolute atomic E-state index is 13.2. The summed E-state index contributed by atoms with van der Waals surface area (Å²) in [6, 6.07) is 8.05. The molecule has 29 heavy (non-hydrogen) atoms. The van der Waals surface area contributed by atoms with Crippen molar-refractivity contribution >= 4 is 23.4 Å². The number of aryl methyl sites for hydroxylation is 1. The number of hydrogen-bond donors (Lipinski definition) is 2. The molecule has 2 aromatic rings. The third-order valence-electron chi connectivity index (χ3n) is 5.45. The van der Waals surface area contributed by atoms with E-state index in [0.717, 1.165) is 23.2 Å². The third kappa shape index (κ3) is 3.69. The summed E-state index contributed by atoms with van der Waals surface area (Å²) in [5.41, 5.74) is 3.86. The third-order valence-corrected chi connectivity index (χ3v) is 6.32. The smallest absolute Gasteiger partial charge is 0.257 e. The van der Waals surface area contributed by atoms with E-state index in [2.05, 4.69) is 35.7 Å². The summed E-state index contributed by atoms with van der Waals surface area (Å²) in [5.74, 6) is 0.905. The van der Waals surface area contributed by atoms with Crippen LogP contribution in [0.2, 0.25) is 0 Å². The standard InChI is InChI=1S/C23H25N3O2S/c1-5-10-29-22-25-20-19(21(28)26-22)17(14-8-6-13(2)7-9-14)18-15(24-20)11-23(3,4)12-16(18)27/h5-9,17H,1,10-12H2,2-4H3,(H2,24,25,26,28). The fourth-order valence-corrected chi connectivity index (χ4v) is 4.79. The Morgan fingerprint density at radius 1 is 1.24 bits per heavy atom. The molecule has 1 aromatic heterocycles. The Hall–Kier alpha value is -2.60. The highest BCUT2D eigenvalue weighted by Crippen LogP contribution is 2.47. The predicted molar refractivity (Wildman–Crippen MR) is 117 cm³/mol. The SMILES string of the molecule is C=CCSc1nc2c(c(=O)[nH]1)C(c1ccc(C)cc1)C1=C(CC(C)(C)CC1=O)N2. The zero-order valence-electron chi connectivity index (χ0n) is 17.0. The number of carbonyl (C=O) groups is 1. The summed E-state index contributed by atoms with van der Waals surface area (Å²) in [6.07, 6.45) is 3.00. The number of thioether (sulfide) groups is 1. The van der Waals surface area contributed by atoms with Crippen molar-refractivity contribution in [2.24, 2.45) is 5.41 Å². The first-order valence-corrected chi connectivity index (χ1v) is 10.8. The van der Waals surface area contributed by atoms with E-state index in [0.29, 0.717) is 34.3 Å².